The Morgan fingerprint density at radius 3 is 2.60 bits per heavy atom. The molecular formula is C16H24N4O4S. The van der Waals surface area contributed by atoms with E-state index in [2.05, 4.69) is 10.1 Å². The van der Waals surface area contributed by atoms with Gasteiger partial charge < -0.3 is 9.42 Å². The molecule has 0 spiro atoms. The quantitative estimate of drug-likeness (QED) is 0.769. The maximum atomic E-state index is 12.8. The van der Waals surface area contributed by atoms with E-state index < -0.39 is 15.4 Å². The van der Waals surface area contributed by atoms with Crippen LogP contribution in [0.25, 0.3) is 0 Å². The Kier molecular flexibility index (Phi) is 3.57. The zero-order chi connectivity index (χ0) is 18.0. The standard InChI is InChI=1S/C16H24N4O4S/c1-4-25(22,23)20-8-12-7-19(14(21)15(3)5-6-15)9-16(12,10-20)13-17-11(2)18-24-13/h12H,4-10H2,1-3H3/t12-,16-/m0/s1. The Morgan fingerprint density at radius 1 is 1.32 bits per heavy atom. The fraction of sp³-hybridized carbons (Fsp3) is 0.812. The van der Waals surface area contributed by atoms with E-state index in [-0.39, 0.29) is 23.0 Å². The molecule has 3 heterocycles. The summed E-state index contributed by atoms with van der Waals surface area (Å²) in [6, 6.07) is 0. The number of sulfonamides is 1. The second-order valence-electron chi connectivity index (χ2n) is 7.94. The summed E-state index contributed by atoms with van der Waals surface area (Å²) in [6.45, 7) is 7.10. The maximum absolute atomic E-state index is 12.8. The third-order valence-electron chi connectivity index (χ3n) is 6.09. The molecule has 0 unspecified atom stereocenters. The molecule has 2 atom stereocenters. The zero-order valence-corrected chi connectivity index (χ0v) is 15.7. The van der Waals surface area contributed by atoms with Crippen LogP contribution in [-0.2, 0) is 20.2 Å². The van der Waals surface area contributed by atoms with Crippen molar-refractivity contribution in [3.05, 3.63) is 11.7 Å². The zero-order valence-electron chi connectivity index (χ0n) is 14.9. The molecule has 1 saturated carbocycles. The third-order valence-corrected chi connectivity index (χ3v) is 7.89. The second-order valence-corrected chi connectivity index (χ2v) is 10.2. The fourth-order valence-electron chi connectivity index (χ4n) is 4.15. The number of aryl methyl sites for hydroxylation is 1. The maximum Gasteiger partial charge on any atom is 0.236 e. The van der Waals surface area contributed by atoms with Crippen LogP contribution in [0.5, 0.6) is 0 Å². The first-order chi connectivity index (χ1) is 11.7. The minimum absolute atomic E-state index is 0.0139. The number of carbonyl (C=O) groups is 1. The van der Waals surface area contributed by atoms with Gasteiger partial charge in [-0.1, -0.05) is 12.1 Å². The molecule has 138 valence electrons. The number of rotatable bonds is 4. The van der Waals surface area contributed by atoms with Gasteiger partial charge in [0.15, 0.2) is 5.82 Å². The first-order valence-corrected chi connectivity index (χ1v) is 10.4. The van der Waals surface area contributed by atoms with Crippen LogP contribution < -0.4 is 0 Å². The van der Waals surface area contributed by atoms with E-state index in [1.54, 1.807) is 13.8 Å². The predicted molar refractivity (Wildman–Crippen MR) is 89.2 cm³/mol. The van der Waals surface area contributed by atoms with Crippen LogP contribution >= 0.6 is 0 Å². The topological polar surface area (TPSA) is 96.6 Å². The molecule has 1 aromatic heterocycles. The summed E-state index contributed by atoms with van der Waals surface area (Å²) >= 11 is 0. The van der Waals surface area contributed by atoms with Gasteiger partial charge in [-0.05, 0) is 26.7 Å². The summed E-state index contributed by atoms with van der Waals surface area (Å²) in [7, 11) is -3.29. The van der Waals surface area contributed by atoms with Gasteiger partial charge in [-0.3, -0.25) is 4.79 Å². The number of hydrogen-bond donors (Lipinski definition) is 0. The van der Waals surface area contributed by atoms with Gasteiger partial charge in [0, 0.05) is 37.5 Å². The molecule has 3 fully saturated rings. The van der Waals surface area contributed by atoms with Gasteiger partial charge in [0.1, 0.15) is 0 Å². The molecule has 0 radical (unpaired) electrons. The van der Waals surface area contributed by atoms with E-state index in [4.69, 9.17) is 4.52 Å². The van der Waals surface area contributed by atoms with Crippen molar-refractivity contribution in [3.8, 4) is 0 Å². The van der Waals surface area contributed by atoms with Gasteiger partial charge in [-0.25, -0.2) is 12.7 Å². The molecule has 2 aliphatic heterocycles. The summed E-state index contributed by atoms with van der Waals surface area (Å²) in [5, 5.41) is 3.90. The van der Waals surface area contributed by atoms with Gasteiger partial charge in [0.25, 0.3) is 0 Å². The van der Waals surface area contributed by atoms with Gasteiger partial charge >= 0.3 is 0 Å². The molecule has 0 aromatic carbocycles. The second kappa shape index (κ2) is 5.26. The molecule has 25 heavy (non-hydrogen) atoms. The lowest BCUT2D eigenvalue weighted by molar-refractivity contribution is -0.135. The van der Waals surface area contributed by atoms with Crippen molar-refractivity contribution >= 4 is 15.9 Å². The van der Waals surface area contributed by atoms with Crippen molar-refractivity contribution < 1.29 is 17.7 Å². The smallest absolute Gasteiger partial charge is 0.236 e. The van der Waals surface area contributed by atoms with E-state index in [0.29, 0.717) is 37.9 Å². The minimum Gasteiger partial charge on any atom is -0.341 e. The number of carbonyl (C=O) groups excluding carboxylic acids is 1. The van der Waals surface area contributed by atoms with Gasteiger partial charge in [-0.15, -0.1) is 0 Å². The van der Waals surface area contributed by atoms with E-state index >= 15 is 0 Å². The molecule has 8 nitrogen and oxygen atoms in total. The number of fused-ring (bicyclic) bond motifs is 1. The van der Waals surface area contributed by atoms with Crippen molar-refractivity contribution in [2.75, 3.05) is 31.9 Å². The lowest BCUT2D eigenvalue weighted by Gasteiger charge is -2.27. The molecule has 1 aromatic rings. The Balaban J connectivity index is 1.67. The monoisotopic (exact) mass is 368 g/mol. The lowest BCUT2D eigenvalue weighted by Crippen LogP contribution is -2.43. The first-order valence-electron chi connectivity index (χ1n) is 8.78. The Hall–Kier alpha value is -1.48. The van der Waals surface area contributed by atoms with Crippen molar-refractivity contribution in [1.29, 1.82) is 0 Å². The molecule has 1 aliphatic carbocycles. The molecule has 3 aliphatic rings. The lowest BCUT2D eigenvalue weighted by atomic mass is 9.81. The van der Waals surface area contributed by atoms with Crippen LogP contribution in [0, 0.1) is 18.3 Å². The first kappa shape index (κ1) is 17.0. The van der Waals surface area contributed by atoms with Crippen molar-refractivity contribution in [2.45, 2.75) is 39.0 Å². The van der Waals surface area contributed by atoms with Crippen LogP contribution in [0.4, 0.5) is 0 Å². The molecule has 4 rings (SSSR count). The number of nitrogens with zero attached hydrogens (tertiary/aromatic N) is 4. The van der Waals surface area contributed by atoms with Crippen LogP contribution in [0.15, 0.2) is 4.52 Å². The van der Waals surface area contributed by atoms with Crippen LogP contribution in [0.1, 0.15) is 38.4 Å². The fourth-order valence-corrected chi connectivity index (χ4v) is 5.35. The summed E-state index contributed by atoms with van der Waals surface area (Å²) in [6.07, 6.45) is 1.85. The molecule has 9 heteroatoms. The summed E-state index contributed by atoms with van der Waals surface area (Å²) in [5.74, 6) is 1.21. The SMILES string of the molecule is CCS(=O)(=O)N1C[C@@H]2CN(C(=O)C3(C)CC3)C[C@]2(c2nc(C)no2)C1. The van der Waals surface area contributed by atoms with E-state index in [1.165, 1.54) is 4.31 Å². The highest BCUT2D eigenvalue weighted by Crippen LogP contribution is 2.50. The highest BCUT2D eigenvalue weighted by molar-refractivity contribution is 7.89. The van der Waals surface area contributed by atoms with Gasteiger partial charge in [-0.2, -0.15) is 4.98 Å². The van der Waals surface area contributed by atoms with Crippen molar-refractivity contribution in [1.82, 2.24) is 19.3 Å². The molecular weight excluding hydrogens is 344 g/mol. The number of likely N-dealkylation sites (tertiary alicyclic amines) is 1. The minimum atomic E-state index is -3.29. The Labute approximate surface area is 147 Å². The highest BCUT2D eigenvalue weighted by atomic mass is 32.2. The normalized spacial score (nSPS) is 31.3. The highest BCUT2D eigenvalue weighted by Gasteiger charge is 2.61. The Morgan fingerprint density at radius 2 is 2.04 bits per heavy atom. The summed E-state index contributed by atoms with van der Waals surface area (Å²) in [5.41, 5.74) is -0.829. The van der Waals surface area contributed by atoms with Crippen molar-refractivity contribution in [2.24, 2.45) is 11.3 Å². The largest absolute Gasteiger partial charge is 0.341 e. The summed E-state index contributed by atoms with van der Waals surface area (Å²) in [4.78, 5) is 19.1. The molecule has 0 bridgehead atoms. The van der Waals surface area contributed by atoms with Gasteiger partial charge in [0.05, 0.1) is 11.2 Å². The molecule has 0 N–H and O–H groups in total. The summed E-state index contributed by atoms with van der Waals surface area (Å²) < 4.78 is 31.7. The average molecular weight is 368 g/mol. The number of aromatic nitrogens is 2. The van der Waals surface area contributed by atoms with Crippen LogP contribution in [0.3, 0.4) is 0 Å². The average Bonchev–Trinajstić information content (AvgIpc) is 2.91. The van der Waals surface area contributed by atoms with Crippen LogP contribution in [0.2, 0.25) is 0 Å². The van der Waals surface area contributed by atoms with E-state index in [0.717, 1.165) is 12.8 Å². The van der Waals surface area contributed by atoms with Crippen LogP contribution in [-0.4, -0.2) is 65.6 Å². The number of hydrogen-bond acceptors (Lipinski definition) is 6. The van der Waals surface area contributed by atoms with E-state index in [9.17, 15) is 13.2 Å². The molecule has 1 amide bonds. The Bertz CT molecular complexity index is 816. The number of amides is 1. The van der Waals surface area contributed by atoms with E-state index in [1.807, 2.05) is 11.8 Å². The predicted octanol–water partition coefficient (Wildman–Crippen LogP) is 0.540. The van der Waals surface area contributed by atoms with Gasteiger partial charge in [0.2, 0.25) is 21.8 Å². The third kappa shape index (κ3) is 2.51. The van der Waals surface area contributed by atoms with Crippen molar-refractivity contribution in [3.63, 3.8) is 0 Å². The molecule has 2 saturated heterocycles.